The summed E-state index contributed by atoms with van der Waals surface area (Å²) in [5.74, 6) is 0. The van der Waals surface area contributed by atoms with E-state index in [9.17, 15) is 0 Å². The third kappa shape index (κ3) is 2.43. The van der Waals surface area contributed by atoms with Gasteiger partial charge in [-0.2, -0.15) is 4.98 Å². The predicted molar refractivity (Wildman–Crippen MR) is 63.4 cm³/mol. The zero-order chi connectivity index (χ0) is 11.4. The van der Waals surface area contributed by atoms with Crippen LogP contribution in [-0.4, -0.2) is 25.2 Å². The van der Waals surface area contributed by atoms with E-state index in [0.29, 0.717) is 11.7 Å². The highest BCUT2D eigenvalue weighted by Crippen LogP contribution is 2.20. The minimum atomic E-state index is 0.525. The van der Waals surface area contributed by atoms with E-state index in [1.165, 1.54) is 0 Å². The number of fused-ring (bicyclic) bond motifs is 1. The van der Waals surface area contributed by atoms with E-state index in [1.807, 2.05) is 6.07 Å². The maximum Gasteiger partial charge on any atom is 0.295 e. The molecule has 86 valence electrons. The Morgan fingerprint density at radius 2 is 2.38 bits per heavy atom. The number of ether oxygens (including phenoxy) is 1. The number of anilines is 2. The monoisotopic (exact) mass is 221 g/mol. The Morgan fingerprint density at radius 1 is 1.50 bits per heavy atom. The molecule has 3 N–H and O–H groups in total. The fourth-order valence-electron chi connectivity index (χ4n) is 1.43. The van der Waals surface area contributed by atoms with Gasteiger partial charge in [-0.3, -0.25) is 0 Å². The van der Waals surface area contributed by atoms with Crippen LogP contribution in [0.2, 0.25) is 0 Å². The first-order chi connectivity index (χ1) is 7.79. The van der Waals surface area contributed by atoms with Gasteiger partial charge >= 0.3 is 0 Å². The van der Waals surface area contributed by atoms with Crippen molar-refractivity contribution in [1.82, 2.24) is 4.98 Å². The van der Waals surface area contributed by atoms with Crippen molar-refractivity contribution in [2.45, 2.75) is 6.42 Å². The first-order valence-corrected chi connectivity index (χ1v) is 5.18. The molecule has 0 radical (unpaired) electrons. The SMILES string of the molecule is COCCCNc1nc2cc(N)ccc2o1. The molecule has 0 spiro atoms. The molecule has 5 nitrogen and oxygen atoms in total. The average Bonchev–Trinajstić information content (AvgIpc) is 2.66. The summed E-state index contributed by atoms with van der Waals surface area (Å²) < 4.78 is 10.4. The largest absolute Gasteiger partial charge is 0.424 e. The molecule has 0 amide bonds. The first kappa shape index (κ1) is 10.8. The predicted octanol–water partition coefficient (Wildman–Crippen LogP) is 1.86. The van der Waals surface area contributed by atoms with Gasteiger partial charge in [0, 0.05) is 25.9 Å². The van der Waals surface area contributed by atoms with Crippen LogP contribution in [0.4, 0.5) is 11.7 Å². The Kier molecular flexibility index (Phi) is 3.26. The molecule has 0 atom stereocenters. The van der Waals surface area contributed by atoms with Crippen LogP contribution in [-0.2, 0) is 4.74 Å². The fourth-order valence-corrected chi connectivity index (χ4v) is 1.43. The number of aromatic nitrogens is 1. The lowest BCUT2D eigenvalue weighted by Crippen LogP contribution is -2.04. The van der Waals surface area contributed by atoms with Crippen molar-refractivity contribution >= 4 is 22.8 Å². The normalized spacial score (nSPS) is 10.8. The summed E-state index contributed by atoms with van der Waals surface area (Å²) in [7, 11) is 1.68. The van der Waals surface area contributed by atoms with Gasteiger partial charge in [0.15, 0.2) is 5.58 Å². The third-order valence-corrected chi connectivity index (χ3v) is 2.21. The summed E-state index contributed by atoms with van der Waals surface area (Å²) in [5.41, 5.74) is 7.85. The molecule has 16 heavy (non-hydrogen) atoms. The number of nitrogens with two attached hydrogens (primary N) is 1. The molecule has 0 aliphatic carbocycles. The first-order valence-electron chi connectivity index (χ1n) is 5.18. The summed E-state index contributed by atoms with van der Waals surface area (Å²) in [6, 6.07) is 5.93. The molecule has 0 bridgehead atoms. The number of oxazole rings is 1. The lowest BCUT2D eigenvalue weighted by atomic mass is 10.3. The smallest absolute Gasteiger partial charge is 0.295 e. The summed E-state index contributed by atoms with van der Waals surface area (Å²) in [6.45, 7) is 1.50. The summed E-state index contributed by atoms with van der Waals surface area (Å²) in [6.07, 6.45) is 0.914. The third-order valence-electron chi connectivity index (χ3n) is 2.21. The second kappa shape index (κ2) is 4.85. The summed E-state index contributed by atoms with van der Waals surface area (Å²) in [5, 5.41) is 3.09. The molecule has 0 fully saturated rings. The molecule has 1 heterocycles. The standard InChI is InChI=1S/C11H15N3O2/c1-15-6-2-5-13-11-14-9-7-8(12)3-4-10(9)16-11/h3-4,7H,2,5-6,12H2,1H3,(H,13,14). The van der Waals surface area contributed by atoms with Crippen LogP contribution in [0.1, 0.15) is 6.42 Å². The van der Waals surface area contributed by atoms with Crippen molar-refractivity contribution in [1.29, 1.82) is 0 Å². The van der Waals surface area contributed by atoms with Crippen molar-refractivity contribution in [3.05, 3.63) is 18.2 Å². The zero-order valence-electron chi connectivity index (χ0n) is 9.19. The molecule has 0 aliphatic heterocycles. The summed E-state index contributed by atoms with van der Waals surface area (Å²) >= 11 is 0. The van der Waals surface area contributed by atoms with Crippen LogP contribution < -0.4 is 11.1 Å². The molecule has 5 heteroatoms. The maximum absolute atomic E-state index is 5.65. The molecular formula is C11H15N3O2. The van der Waals surface area contributed by atoms with Crippen molar-refractivity contribution in [3.8, 4) is 0 Å². The van der Waals surface area contributed by atoms with Crippen molar-refractivity contribution in [2.75, 3.05) is 31.3 Å². The van der Waals surface area contributed by atoms with E-state index in [2.05, 4.69) is 10.3 Å². The molecule has 1 aromatic carbocycles. The van der Waals surface area contributed by atoms with Crippen LogP contribution in [0.5, 0.6) is 0 Å². The van der Waals surface area contributed by atoms with Gasteiger partial charge in [-0.15, -0.1) is 0 Å². The molecule has 0 unspecified atom stereocenters. The minimum Gasteiger partial charge on any atom is -0.424 e. The topological polar surface area (TPSA) is 73.3 Å². The molecule has 1 aromatic heterocycles. The molecule has 0 saturated heterocycles. The second-order valence-electron chi connectivity index (χ2n) is 3.52. The number of benzene rings is 1. The molecule has 0 saturated carbocycles. The van der Waals surface area contributed by atoms with Gasteiger partial charge in [-0.1, -0.05) is 0 Å². The van der Waals surface area contributed by atoms with Crippen LogP contribution in [0, 0.1) is 0 Å². The highest BCUT2D eigenvalue weighted by atomic mass is 16.5. The Balaban J connectivity index is 2.02. The molecular weight excluding hydrogens is 206 g/mol. The van der Waals surface area contributed by atoms with E-state index in [4.69, 9.17) is 14.9 Å². The number of nitrogens with zero attached hydrogens (tertiary/aromatic N) is 1. The van der Waals surface area contributed by atoms with Gasteiger partial charge in [-0.05, 0) is 24.6 Å². The fraction of sp³-hybridized carbons (Fsp3) is 0.364. The summed E-state index contributed by atoms with van der Waals surface area (Å²) in [4.78, 5) is 4.27. The van der Waals surface area contributed by atoms with Crippen molar-refractivity contribution < 1.29 is 9.15 Å². The van der Waals surface area contributed by atoms with Crippen LogP contribution in [0.15, 0.2) is 22.6 Å². The van der Waals surface area contributed by atoms with Gasteiger partial charge < -0.3 is 20.2 Å². The average molecular weight is 221 g/mol. The van der Waals surface area contributed by atoms with E-state index in [1.54, 1.807) is 19.2 Å². The quantitative estimate of drug-likeness (QED) is 0.595. The highest BCUT2D eigenvalue weighted by molar-refractivity contribution is 5.78. The maximum atomic E-state index is 5.65. The number of nitrogen functional groups attached to an aromatic ring is 1. The number of nitrogens with one attached hydrogen (secondary N) is 1. The van der Waals surface area contributed by atoms with Crippen LogP contribution in [0.25, 0.3) is 11.1 Å². The lowest BCUT2D eigenvalue weighted by Gasteiger charge is -1.99. The van der Waals surface area contributed by atoms with Gasteiger partial charge in [0.25, 0.3) is 6.01 Å². The number of rotatable bonds is 5. The van der Waals surface area contributed by atoms with Crippen LogP contribution in [0.3, 0.4) is 0 Å². The lowest BCUT2D eigenvalue weighted by molar-refractivity contribution is 0.197. The molecule has 2 aromatic rings. The van der Waals surface area contributed by atoms with E-state index < -0.39 is 0 Å². The second-order valence-corrected chi connectivity index (χ2v) is 3.52. The van der Waals surface area contributed by atoms with E-state index in [-0.39, 0.29) is 0 Å². The number of methoxy groups -OCH3 is 1. The van der Waals surface area contributed by atoms with Gasteiger partial charge in [0.2, 0.25) is 0 Å². The zero-order valence-corrected chi connectivity index (χ0v) is 9.19. The number of hydrogen-bond donors (Lipinski definition) is 2. The Labute approximate surface area is 93.6 Å². The highest BCUT2D eigenvalue weighted by Gasteiger charge is 2.04. The minimum absolute atomic E-state index is 0.525. The molecule has 2 rings (SSSR count). The van der Waals surface area contributed by atoms with Crippen LogP contribution >= 0.6 is 0 Å². The van der Waals surface area contributed by atoms with Gasteiger partial charge in [0.1, 0.15) is 5.52 Å². The van der Waals surface area contributed by atoms with Gasteiger partial charge in [0.05, 0.1) is 0 Å². The van der Waals surface area contributed by atoms with E-state index >= 15 is 0 Å². The molecule has 0 aliphatic rings. The number of hydrogen-bond acceptors (Lipinski definition) is 5. The van der Waals surface area contributed by atoms with Crippen molar-refractivity contribution in [3.63, 3.8) is 0 Å². The Morgan fingerprint density at radius 3 is 3.19 bits per heavy atom. The van der Waals surface area contributed by atoms with Gasteiger partial charge in [-0.25, -0.2) is 0 Å². The Hall–Kier alpha value is -1.75. The Bertz CT molecular complexity index is 467. The van der Waals surface area contributed by atoms with Crippen molar-refractivity contribution in [2.24, 2.45) is 0 Å². The van der Waals surface area contributed by atoms with E-state index in [0.717, 1.165) is 30.7 Å².